The lowest BCUT2D eigenvalue weighted by atomic mass is 10.2. The van der Waals surface area contributed by atoms with Crippen LogP contribution in [0.15, 0.2) is 35.7 Å². The molecule has 5 heteroatoms. The summed E-state index contributed by atoms with van der Waals surface area (Å²) >= 11 is 0. The Bertz CT molecular complexity index is 452. The maximum Gasteiger partial charge on any atom is 0.244 e. The van der Waals surface area contributed by atoms with Crippen LogP contribution in [0.2, 0.25) is 19.6 Å². The number of halogens is 2. The highest BCUT2D eigenvalue weighted by atomic mass is 28.4. The Morgan fingerprint density at radius 1 is 1.35 bits per heavy atom. The van der Waals surface area contributed by atoms with Crippen molar-refractivity contribution in [2.75, 3.05) is 0 Å². The molecule has 0 unspecified atom stereocenters. The smallest absolute Gasteiger partial charge is 0.244 e. The average molecular weight is 255 g/mol. The standard InChI is InChI=1S/C12H15F2NOSi/c1-9(16-17(2,3)4)15-8-10-7-11(13)5-6-12(10)14/h5-8H,1H2,2-4H3/b15-8+. The molecule has 0 bridgehead atoms. The molecule has 0 heterocycles. The van der Waals surface area contributed by atoms with Gasteiger partial charge < -0.3 is 4.43 Å². The van der Waals surface area contributed by atoms with E-state index in [1.54, 1.807) is 0 Å². The Balaban J connectivity index is 2.77. The molecule has 0 saturated heterocycles. The van der Waals surface area contributed by atoms with Gasteiger partial charge in [-0.15, -0.1) is 0 Å². The second-order valence-electron chi connectivity index (χ2n) is 4.53. The Morgan fingerprint density at radius 3 is 2.59 bits per heavy atom. The molecular weight excluding hydrogens is 240 g/mol. The molecule has 0 aromatic heterocycles. The van der Waals surface area contributed by atoms with E-state index in [4.69, 9.17) is 4.43 Å². The molecule has 2 nitrogen and oxygen atoms in total. The summed E-state index contributed by atoms with van der Waals surface area (Å²) in [5.41, 5.74) is 0.0744. The van der Waals surface area contributed by atoms with Crippen molar-refractivity contribution in [2.24, 2.45) is 4.99 Å². The van der Waals surface area contributed by atoms with Crippen molar-refractivity contribution in [2.45, 2.75) is 19.6 Å². The van der Waals surface area contributed by atoms with Crippen molar-refractivity contribution in [1.29, 1.82) is 0 Å². The fraction of sp³-hybridized carbons (Fsp3) is 0.250. The van der Waals surface area contributed by atoms with Crippen LogP contribution in [0.1, 0.15) is 5.56 Å². The summed E-state index contributed by atoms with van der Waals surface area (Å²) in [6.07, 6.45) is 1.21. The van der Waals surface area contributed by atoms with Crippen LogP contribution in [0.3, 0.4) is 0 Å². The SMILES string of the molecule is C=C(/N=C/c1cc(F)ccc1F)O[Si](C)(C)C. The fourth-order valence-electron chi connectivity index (χ4n) is 1.13. The van der Waals surface area contributed by atoms with Crippen LogP contribution in [0, 0.1) is 11.6 Å². The quantitative estimate of drug-likeness (QED) is 0.456. The van der Waals surface area contributed by atoms with Crippen molar-refractivity contribution >= 4 is 14.5 Å². The molecule has 0 amide bonds. The Morgan fingerprint density at radius 2 is 2.00 bits per heavy atom. The van der Waals surface area contributed by atoms with Gasteiger partial charge in [0.1, 0.15) is 11.6 Å². The van der Waals surface area contributed by atoms with E-state index in [2.05, 4.69) is 11.6 Å². The number of nitrogens with zero attached hydrogens (tertiary/aromatic N) is 1. The van der Waals surface area contributed by atoms with Crippen molar-refractivity contribution in [3.63, 3.8) is 0 Å². The van der Waals surface area contributed by atoms with Gasteiger partial charge in [-0.2, -0.15) is 0 Å². The Kier molecular flexibility index (Phi) is 4.17. The van der Waals surface area contributed by atoms with Gasteiger partial charge in [-0.1, -0.05) is 0 Å². The summed E-state index contributed by atoms with van der Waals surface area (Å²) < 4.78 is 31.6. The van der Waals surface area contributed by atoms with Gasteiger partial charge in [0.15, 0.2) is 5.88 Å². The number of aliphatic imine (C=N–C) groups is 1. The van der Waals surface area contributed by atoms with E-state index in [1.165, 1.54) is 6.21 Å². The second kappa shape index (κ2) is 5.22. The summed E-state index contributed by atoms with van der Waals surface area (Å²) in [5, 5.41) is 0. The third-order valence-corrected chi connectivity index (χ3v) is 2.58. The van der Waals surface area contributed by atoms with Gasteiger partial charge in [0.25, 0.3) is 0 Å². The van der Waals surface area contributed by atoms with Crippen LogP contribution in [0.4, 0.5) is 8.78 Å². The van der Waals surface area contributed by atoms with Gasteiger partial charge >= 0.3 is 0 Å². The largest absolute Gasteiger partial charge is 0.532 e. The van der Waals surface area contributed by atoms with Gasteiger partial charge in [-0.05, 0) is 44.4 Å². The molecule has 0 radical (unpaired) electrons. The number of rotatable bonds is 4. The summed E-state index contributed by atoms with van der Waals surface area (Å²) in [7, 11) is -1.76. The van der Waals surface area contributed by atoms with E-state index in [9.17, 15) is 8.78 Å². The number of hydrogen-bond donors (Lipinski definition) is 0. The first kappa shape index (κ1) is 13.6. The van der Waals surface area contributed by atoms with Crippen LogP contribution >= 0.6 is 0 Å². The third kappa shape index (κ3) is 4.91. The first-order valence-electron chi connectivity index (χ1n) is 5.15. The average Bonchev–Trinajstić information content (AvgIpc) is 2.17. The van der Waals surface area contributed by atoms with Crippen LogP contribution < -0.4 is 0 Å². The van der Waals surface area contributed by atoms with Crippen molar-refractivity contribution in [1.82, 2.24) is 0 Å². The molecule has 0 N–H and O–H groups in total. The topological polar surface area (TPSA) is 21.6 Å². The Labute approximate surface area is 101 Å². The van der Waals surface area contributed by atoms with Crippen LogP contribution in [-0.2, 0) is 4.43 Å². The lowest BCUT2D eigenvalue weighted by Crippen LogP contribution is -2.24. The highest BCUT2D eigenvalue weighted by Gasteiger charge is 2.16. The van der Waals surface area contributed by atoms with Gasteiger partial charge in [-0.3, -0.25) is 0 Å². The molecule has 0 fully saturated rings. The first-order valence-corrected chi connectivity index (χ1v) is 8.56. The molecule has 0 aliphatic rings. The highest BCUT2D eigenvalue weighted by molar-refractivity contribution is 6.70. The van der Waals surface area contributed by atoms with Gasteiger partial charge in [-0.25, -0.2) is 13.8 Å². The monoisotopic (exact) mass is 255 g/mol. The lowest BCUT2D eigenvalue weighted by molar-refractivity contribution is 0.421. The van der Waals surface area contributed by atoms with Crippen LogP contribution in [0.5, 0.6) is 0 Å². The highest BCUT2D eigenvalue weighted by Crippen LogP contribution is 2.11. The van der Waals surface area contributed by atoms with Crippen molar-refractivity contribution in [3.05, 3.63) is 47.9 Å². The molecule has 1 aromatic carbocycles. The van der Waals surface area contributed by atoms with Gasteiger partial charge in [0.05, 0.1) is 0 Å². The number of hydrogen-bond acceptors (Lipinski definition) is 2. The van der Waals surface area contributed by atoms with E-state index in [-0.39, 0.29) is 11.4 Å². The van der Waals surface area contributed by atoms with Crippen molar-refractivity contribution in [3.8, 4) is 0 Å². The van der Waals surface area contributed by atoms with E-state index in [0.29, 0.717) is 0 Å². The summed E-state index contributed by atoms with van der Waals surface area (Å²) in [4.78, 5) is 3.87. The van der Waals surface area contributed by atoms with Gasteiger partial charge in [0, 0.05) is 11.8 Å². The zero-order chi connectivity index (χ0) is 13.1. The van der Waals surface area contributed by atoms with E-state index < -0.39 is 20.0 Å². The van der Waals surface area contributed by atoms with Gasteiger partial charge in [0.2, 0.25) is 8.32 Å². The summed E-state index contributed by atoms with van der Waals surface area (Å²) in [5.74, 6) is -0.826. The molecule has 1 rings (SSSR count). The van der Waals surface area contributed by atoms with E-state index in [1.807, 2.05) is 19.6 Å². The zero-order valence-electron chi connectivity index (χ0n) is 10.1. The predicted octanol–water partition coefficient (Wildman–Crippen LogP) is 3.71. The predicted molar refractivity (Wildman–Crippen MR) is 67.5 cm³/mol. The molecule has 0 aliphatic heterocycles. The molecule has 0 spiro atoms. The van der Waals surface area contributed by atoms with Crippen LogP contribution in [-0.4, -0.2) is 14.5 Å². The minimum Gasteiger partial charge on any atom is -0.532 e. The zero-order valence-corrected chi connectivity index (χ0v) is 11.1. The normalized spacial score (nSPS) is 11.8. The van der Waals surface area contributed by atoms with E-state index >= 15 is 0 Å². The van der Waals surface area contributed by atoms with Crippen molar-refractivity contribution < 1.29 is 13.2 Å². The summed E-state index contributed by atoms with van der Waals surface area (Å²) in [6, 6.07) is 3.18. The minimum absolute atomic E-state index is 0.0744. The molecule has 92 valence electrons. The van der Waals surface area contributed by atoms with Crippen LogP contribution in [0.25, 0.3) is 0 Å². The molecular formula is C12H15F2NOSi. The second-order valence-corrected chi connectivity index (χ2v) is 8.96. The molecule has 0 saturated carbocycles. The van der Waals surface area contributed by atoms with E-state index in [0.717, 1.165) is 18.2 Å². The fourth-order valence-corrected chi connectivity index (χ4v) is 1.89. The minimum atomic E-state index is -1.76. The summed E-state index contributed by atoms with van der Waals surface area (Å²) in [6.45, 7) is 9.55. The lowest BCUT2D eigenvalue weighted by Gasteiger charge is -2.17. The Hall–Kier alpha value is -1.49. The maximum absolute atomic E-state index is 13.2. The first-order chi connectivity index (χ1) is 7.78. The molecule has 0 aliphatic carbocycles. The third-order valence-electron chi connectivity index (χ3n) is 1.73. The number of benzene rings is 1. The molecule has 0 atom stereocenters. The molecule has 1 aromatic rings. The maximum atomic E-state index is 13.2. The molecule has 17 heavy (non-hydrogen) atoms.